The zero-order valence-corrected chi connectivity index (χ0v) is 12.0. The van der Waals surface area contributed by atoms with Crippen LogP contribution in [0.1, 0.15) is 17.0 Å². The highest BCUT2D eigenvalue weighted by atomic mass is 32.1. The average molecular weight is 295 g/mol. The van der Waals surface area contributed by atoms with Crippen LogP contribution in [0.15, 0.2) is 60.0 Å². The van der Waals surface area contributed by atoms with Crippen LogP contribution in [0.25, 0.3) is 0 Å². The lowest BCUT2D eigenvalue weighted by Gasteiger charge is -2.01. The number of H-pyrrole nitrogens is 1. The van der Waals surface area contributed by atoms with Gasteiger partial charge in [0.05, 0.1) is 6.21 Å². The van der Waals surface area contributed by atoms with E-state index in [1.54, 1.807) is 23.3 Å². The van der Waals surface area contributed by atoms with Gasteiger partial charge in [-0.15, -0.1) is 0 Å². The molecule has 0 saturated carbocycles. The third kappa shape index (κ3) is 3.29. The van der Waals surface area contributed by atoms with Crippen molar-refractivity contribution in [3.63, 3.8) is 0 Å². The third-order valence-corrected chi connectivity index (χ3v) is 3.22. The number of aromatic amines is 1. The Kier molecular flexibility index (Phi) is 3.97. The van der Waals surface area contributed by atoms with Gasteiger partial charge >= 0.3 is 0 Å². The molecule has 0 atom stereocenters. The lowest BCUT2D eigenvalue weighted by Crippen LogP contribution is -2.00. The van der Waals surface area contributed by atoms with E-state index in [4.69, 9.17) is 12.2 Å². The van der Waals surface area contributed by atoms with E-state index in [9.17, 15) is 0 Å². The quantitative estimate of drug-likeness (QED) is 0.595. The van der Waals surface area contributed by atoms with Gasteiger partial charge in [0.25, 0.3) is 0 Å². The van der Waals surface area contributed by atoms with Crippen LogP contribution in [0.4, 0.5) is 0 Å². The van der Waals surface area contributed by atoms with Crippen LogP contribution in [-0.2, 0) is 6.42 Å². The Morgan fingerprint density at radius 1 is 1.14 bits per heavy atom. The summed E-state index contributed by atoms with van der Waals surface area (Å²) in [6, 6.07) is 13.8. The fraction of sp³-hybridized carbons (Fsp3) is 0.0667. The van der Waals surface area contributed by atoms with Gasteiger partial charge in [-0.05, 0) is 35.5 Å². The lowest BCUT2D eigenvalue weighted by molar-refractivity contribution is 0.792. The molecule has 3 aromatic rings. The number of rotatable bonds is 4. The first-order chi connectivity index (χ1) is 10.3. The zero-order valence-electron chi connectivity index (χ0n) is 11.2. The first-order valence-corrected chi connectivity index (χ1v) is 6.88. The van der Waals surface area contributed by atoms with Crippen LogP contribution < -0.4 is 0 Å². The molecule has 2 aromatic heterocycles. The smallest absolute Gasteiger partial charge is 0.216 e. The Balaban J connectivity index is 1.87. The fourth-order valence-corrected chi connectivity index (χ4v) is 2.11. The summed E-state index contributed by atoms with van der Waals surface area (Å²) in [6.45, 7) is 0. The summed E-state index contributed by atoms with van der Waals surface area (Å²) in [6.07, 6.45) is 5.85. The average Bonchev–Trinajstić information content (AvgIpc) is 2.87. The van der Waals surface area contributed by atoms with Crippen molar-refractivity contribution in [2.45, 2.75) is 6.42 Å². The standard InChI is InChI=1S/C15H13N5S/c21-15-19-18-14(10-12-4-2-1-3-5-12)20(15)17-11-13-6-8-16-9-7-13/h1-9,11H,10H2,(H,19,21)/b17-11-. The number of hydrogen-bond acceptors (Lipinski definition) is 4. The van der Waals surface area contributed by atoms with Crippen molar-refractivity contribution in [3.05, 3.63) is 76.6 Å². The maximum Gasteiger partial charge on any atom is 0.216 e. The number of pyridine rings is 1. The number of nitrogens with zero attached hydrogens (tertiary/aromatic N) is 4. The number of hydrogen-bond donors (Lipinski definition) is 1. The van der Waals surface area contributed by atoms with Gasteiger partial charge in [-0.2, -0.15) is 14.9 Å². The number of benzene rings is 1. The van der Waals surface area contributed by atoms with Crippen molar-refractivity contribution < 1.29 is 0 Å². The van der Waals surface area contributed by atoms with E-state index in [2.05, 4.69) is 32.4 Å². The van der Waals surface area contributed by atoms with Crippen LogP contribution in [0.2, 0.25) is 0 Å². The van der Waals surface area contributed by atoms with E-state index >= 15 is 0 Å². The molecule has 21 heavy (non-hydrogen) atoms. The minimum atomic E-state index is 0.478. The molecule has 0 saturated heterocycles. The molecule has 0 aliphatic rings. The SMILES string of the molecule is S=c1[nH]nc(Cc2ccccc2)n1/N=C\c1ccncc1. The van der Waals surface area contributed by atoms with Crippen molar-refractivity contribution in [2.75, 3.05) is 0 Å². The van der Waals surface area contributed by atoms with Crippen LogP contribution >= 0.6 is 12.2 Å². The molecule has 0 amide bonds. The minimum Gasteiger partial charge on any atom is -0.265 e. The van der Waals surface area contributed by atoms with Gasteiger partial charge in [-0.3, -0.25) is 10.1 Å². The van der Waals surface area contributed by atoms with Gasteiger partial charge in [0.1, 0.15) is 0 Å². The van der Waals surface area contributed by atoms with E-state index in [0.717, 1.165) is 17.0 Å². The molecule has 0 unspecified atom stereocenters. The highest BCUT2D eigenvalue weighted by Gasteiger charge is 2.05. The summed E-state index contributed by atoms with van der Waals surface area (Å²) in [5, 5.41) is 11.4. The first kappa shape index (κ1) is 13.4. The van der Waals surface area contributed by atoms with E-state index in [0.29, 0.717) is 11.2 Å². The third-order valence-electron chi connectivity index (χ3n) is 2.95. The zero-order chi connectivity index (χ0) is 14.5. The summed E-state index contributed by atoms with van der Waals surface area (Å²) in [5.74, 6) is 0.775. The maximum absolute atomic E-state index is 5.22. The summed E-state index contributed by atoms with van der Waals surface area (Å²) >= 11 is 5.22. The predicted octanol–water partition coefficient (Wildman–Crippen LogP) is 2.81. The molecule has 6 heteroatoms. The fourth-order valence-electron chi connectivity index (χ4n) is 1.91. The molecule has 0 bridgehead atoms. The van der Waals surface area contributed by atoms with E-state index in [1.165, 1.54) is 0 Å². The Morgan fingerprint density at radius 3 is 2.67 bits per heavy atom. The molecule has 0 spiro atoms. The van der Waals surface area contributed by atoms with Gasteiger partial charge in [0.15, 0.2) is 5.82 Å². The molecule has 2 heterocycles. The summed E-state index contributed by atoms with van der Waals surface area (Å²) in [5.41, 5.74) is 2.12. The molecule has 3 rings (SSSR count). The van der Waals surface area contributed by atoms with E-state index in [-0.39, 0.29) is 0 Å². The predicted molar refractivity (Wildman–Crippen MR) is 83.9 cm³/mol. The molecule has 0 aliphatic carbocycles. The second-order valence-corrected chi connectivity index (χ2v) is 4.83. The normalized spacial score (nSPS) is 11.0. The molecular formula is C15H13N5S. The molecule has 0 aliphatic heterocycles. The van der Waals surface area contributed by atoms with Crippen molar-refractivity contribution in [3.8, 4) is 0 Å². The second kappa shape index (κ2) is 6.23. The van der Waals surface area contributed by atoms with Gasteiger partial charge in [0, 0.05) is 18.8 Å². The summed E-state index contributed by atoms with van der Waals surface area (Å²) < 4.78 is 2.12. The highest BCUT2D eigenvalue weighted by molar-refractivity contribution is 7.71. The van der Waals surface area contributed by atoms with E-state index in [1.807, 2.05) is 30.3 Å². The molecule has 0 radical (unpaired) electrons. The van der Waals surface area contributed by atoms with Gasteiger partial charge < -0.3 is 0 Å². The first-order valence-electron chi connectivity index (χ1n) is 6.47. The van der Waals surface area contributed by atoms with E-state index < -0.39 is 0 Å². The van der Waals surface area contributed by atoms with Crippen LogP contribution in [0, 0.1) is 4.77 Å². The Hall–Kier alpha value is -2.60. The van der Waals surface area contributed by atoms with Crippen molar-refractivity contribution in [1.29, 1.82) is 0 Å². The second-order valence-electron chi connectivity index (χ2n) is 4.44. The van der Waals surface area contributed by atoms with Gasteiger partial charge in [-0.1, -0.05) is 30.3 Å². The maximum atomic E-state index is 5.22. The largest absolute Gasteiger partial charge is 0.265 e. The summed E-state index contributed by atoms with van der Waals surface area (Å²) in [4.78, 5) is 3.97. The summed E-state index contributed by atoms with van der Waals surface area (Å²) in [7, 11) is 0. The molecular weight excluding hydrogens is 282 g/mol. The molecule has 104 valence electrons. The Labute approximate surface area is 127 Å². The molecule has 0 fully saturated rings. The molecule has 1 aromatic carbocycles. The topological polar surface area (TPSA) is 58.9 Å². The Morgan fingerprint density at radius 2 is 1.90 bits per heavy atom. The van der Waals surface area contributed by atoms with Crippen LogP contribution in [0.3, 0.4) is 0 Å². The minimum absolute atomic E-state index is 0.478. The van der Waals surface area contributed by atoms with Crippen LogP contribution in [0.5, 0.6) is 0 Å². The lowest BCUT2D eigenvalue weighted by atomic mass is 10.1. The van der Waals surface area contributed by atoms with Crippen molar-refractivity contribution in [2.24, 2.45) is 5.10 Å². The number of nitrogens with one attached hydrogen (secondary N) is 1. The monoisotopic (exact) mass is 295 g/mol. The highest BCUT2D eigenvalue weighted by Crippen LogP contribution is 2.07. The van der Waals surface area contributed by atoms with Gasteiger partial charge in [-0.25, -0.2) is 0 Å². The Bertz CT molecular complexity index is 790. The van der Waals surface area contributed by atoms with Gasteiger partial charge in [0.2, 0.25) is 4.77 Å². The molecule has 5 nitrogen and oxygen atoms in total. The number of aromatic nitrogens is 4. The van der Waals surface area contributed by atoms with Crippen molar-refractivity contribution in [1.82, 2.24) is 19.9 Å². The molecule has 1 N–H and O–H groups in total. The van der Waals surface area contributed by atoms with Crippen molar-refractivity contribution >= 4 is 18.4 Å². The van der Waals surface area contributed by atoms with Crippen LogP contribution in [-0.4, -0.2) is 26.1 Å².